The van der Waals surface area contributed by atoms with Crippen LogP contribution in [0.4, 0.5) is 0 Å². The van der Waals surface area contributed by atoms with E-state index in [1.54, 1.807) is 0 Å². The van der Waals surface area contributed by atoms with Crippen LogP contribution < -0.4 is 22.1 Å². The molecule has 0 aromatic rings. The number of ketones is 1. The lowest BCUT2D eigenvalue weighted by molar-refractivity contribution is -0.142. The van der Waals surface area contributed by atoms with Gasteiger partial charge in [0.05, 0.1) is 6.04 Å². The van der Waals surface area contributed by atoms with Gasteiger partial charge >= 0.3 is 11.9 Å². The molecular weight excluding hydrogens is 590 g/mol. The second kappa shape index (κ2) is 31.8. The molecule has 46 heavy (non-hydrogen) atoms. The lowest BCUT2D eigenvalue weighted by atomic mass is 10.0. The van der Waals surface area contributed by atoms with Gasteiger partial charge in [-0.2, -0.15) is 0 Å². The summed E-state index contributed by atoms with van der Waals surface area (Å²) in [4.78, 5) is 62.4. The zero-order valence-electron chi connectivity index (χ0n) is 29.0. The molecule has 0 rings (SSSR count). The summed E-state index contributed by atoms with van der Waals surface area (Å²) in [6.07, 6.45) is 19.1. The molecule has 0 fully saturated rings. The van der Waals surface area contributed by atoms with Crippen molar-refractivity contribution in [2.24, 2.45) is 16.5 Å². The number of amides is 2. The number of unbranched alkanes of at least 4 members (excludes halogenated alkanes) is 15. The Morgan fingerprint density at radius 1 is 0.565 bits per heavy atom. The van der Waals surface area contributed by atoms with Gasteiger partial charge in [-0.25, -0.2) is 4.79 Å². The molecular formula is C34H65N5O7. The number of nitrogens with one attached hydrogen (secondary N) is 2. The normalized spacial score (nSPS) is 11.8. The van der Waals surface area contributed by atoms with Crippen molar-refractivity contribution in [2.75, 3.05) is 6.54 Å². The zero-order valence-corrected chi connectivity index (χ0v) is 29.0. The van der Waals surface area contributed by atoms with E-state index in [1.165, 1.54) is 64.7 Å². The van der Waals surface area contributed by atoms with E-state index in [4.69, 9.17) is 16.6 Å². The van der Waals surface area contributed by atoms with E-state index < -0.39 is 29.9 Å². The molecule has 0 radical (unpaired) electrons. The summed E-state index contributed by atoms with van der Waals surface area (Å²) in [7, 11) is 0. The molecule has 0 heterocycles. The molecule has 2 amide bonds. The van der Waals surface area contributed by atoms with E-state index in [0.717, 1.165) is 38.5 Å². The summed E-state index contributed by atoms with van der Waals surface area (Å²) in [6.45, 7) is 5.70. The number of carboxylic acid groups (broad SMARTS) is 2. The minimum Gasteiger partial charge on any atom is -0.481 e. The molecule has 0 aliphatic heterocycles. The van der Waals surface area contributed by atoms with Gasteiger partial charge in [0.1, 0.15) is 6.04 Å². The molecule has 0 aliphatic carbocycles. The Bertz CT molecular complexity index is 863. The summed E-state index contributed by atoms with van der Waals surface area (Å²) in [5.41, 5.74) is 10.5. The molecule has 0 aromatic carbocycles. The summed E-state index contributed by atoms with van der Waals surface area (Å²) >= 11 is 0. The van der Waals surface area contributed by atoms with E-state index in [0.29, 0.717) is 25.8 Å². The Balaban J connectivity index is 0. The molecule has 0 aromatic heterocycles. The highest BCUT2D eigenvalue weighted by molar-refractivity contribution is 5.88. The number of carbonyl (C=O) groups is 5. The maximum absolute atomic E-state index is 12.3. The van der Waals surface area contributed by atoms with E-state index in [1.807, 2.05) is 13.8 Å². The Labute approximate surface area is 277 Å². The first-order valence-electron chi connectivity index (χ1n) is 17.6. The molecule has 268 valence electrons. The molecule has 8 N–H and O–H groups in total. The SMILES string of the molecule is CC.CC(=O)C(CCCN=C(N)N)NC(=O)CCC(NC(=O)CCCCCCCCCCCCCCCCCCC(=O)O)C(=O)O. The van der Waals surface area contributed by atoms with E-state index >= 15 is 0 Å². The van der Waals surface area contributed by atoms with Gasteiger partial charge in [-0.3, -0.25) is 24.2 Å². The topological polar surface area (TPSA) is 214 Å². The minimum absolute atomic E-state index is 0.0454. The Hall–Kier alpha value is -3.18. The number of nitrogens with zero attached hydrogens (tertiary/aromatic N) is 1. The van der Waals surface area contributed by atoms with Crippen molar-refractivity contribution in [3.63, 3.8) is 0 Å². The van der Waals surface area contributed by atoms with Crippen LogP contribution in [0.1, 0.15) is 162 Å². The number of nitrogens with two attached hydrogens (primary N) is 2. The van der Waals surface area contributed by atoms with Gasteiger partial charge in [0.15, 0.2) is 11.7 Å². The van der Waals surface area contributed by atoms with Crippen LogP contribution in [0, 0.1) is 0 Å². The van der Waals surface area contributed by atoms with Crippen LogP contribution in [-0.4, -0.2) is 64.3 Å². The molecule has 0 saturated carbocycles. The maximum Gasteiger partial charge on any atom is 0.326 e. The van der Waals surface area contributed by atoms with Crippen LogP contribution in [0.5, 0.6) is 0 Å². The van der Waals surface area contributed by atoms with E-state index in [2.05, 4.69) is 15.6 Å². The molecule has 0 saturated heterocycles. The number of aliphatic carboxylic acids is 2. The van der Waals surface area contributed by atoms with Gasteiger partial charge in [-0.1, -0.05) is 104 Å². The highest BCUT2D eigenvalue weighted by Crippen LogP contribution is 2.14. The monoisotopic (exact) mass is 655 g/mol. The quantitative estimate of drug-likeness (QED) is 0.0322. The number of rotatable bonds is 30. The number of guanidine groups is 1. The standard InChI is InChI=1S/C32H59N5O7.C2H6/c1-25(38)26(19-18-24-35-32(33)34)36-29(40)23-22-27(31(43)44)37-28(39)20-16-14-12-10-8-6-4-2-3-5-7-9-11-13-15-17-21-30(41)42;1-2/h26-27H,2-24H2,1H3,(H,36,40)(H,37,39)(H,41,42)(H,43,44)(H4,33,34,35);1-2H3. The van der Waals surface area contributed by atoms with Gasteiger partial charge < -0.3 is 32.3 Å². The second-order valence-corrected chi connectivity index (χ2v) is 11.7. The Morgan fingerprint density at radius 2 is 0.957 bits per heavy atom. The first-order valence-corrected chi connectivity index (χ1v) is 17.6. The van der Waals surface area contributed by atoms with E-state index in [9.17, 15) is 29.1 Å². The highest BCUT2D eigenvalue weighted by Gasteiger charge is 2.22. The number of carbonyl (C=O) groups excluding carboxylic acids is 3. The lowest BCUT2D eigenvalue weighted by Crippen LogP contribution is -2.43. The summed E-state index contributed by atoms with van der Waals surface area (Å²) in [5, 5.41) is 23.2. The van der Waals surface area contributed by atoms with Crippen molar-refractivity contribution < 1.29 is 34.2 Å². The number of hydrogen-bond donors (Lipinski definition) is 6. The molecule has 2 unspecified atom stereocenters. The van der Waals surface area contributed by atoms with Crippen molar-refractivity contribution in [3.05, 3.63) is 0 Å². The van der Waals surface area contributed by atoms with Crippen LogP contribution in [-0.2, 0) is 24.0 Å². The fourth-order valence-electron chi connectivity index (χ4n) is 4.98. The Kier molecular flexibility index (Phi) is 31.1. The minimum atomic E-state index is -1.20. The Morgan fingerprint density at radius 3 is 1.35 bits per heavy atom. The number of aliphatic imine (C=N–C) groups is 1. The third-order valence-electron chi connectivity index (χ3n) is 7.61. The van der Waals surface area contributed by atoms with Gasteiger partial charge in [0.25, 0.3) is 0 Å². The highest BCUT2D eigenvalue weighted by atomic mass is 16.4. The first-order chi connectivity index (χ1) is 22.0. The van der Waals surface area contributed by atoms with Crippen molar-refractivity contribution >= 4 is 35.5 Å². The average Bonchev–Trinajstić information content (AvgIpc) is 3.00. The van der Waals surface area contributed by atoms with Crippen molar-refractivity contribution in [1.82, 2.24) is 10.6 Å². The average molecular weight is 656 g/mol. The fourth-order valence-corrected chi connectivity index (χ4v) is 4.98. The zero-order chi connectivity index (χ0) is 35.0. The van der Waals surface area contributed by atoms with Crippen molar-refractivity contribution in [2.45, 2.75) is 174 Å². The van der Waals surface area contributed by atoms with Crippen LogP contribution in [0.2, 0.25) is 0 Å². The number of carboxylic acids is 2. The van der Waals surface area contributed by atoms with Gasteiger partial charge in [0, 0.05) is 25.8 Å². The van der Waals surface area contributed by atoms with Crippen LogP contribution >= 0.6 is 0 Å². The molecule has 12 nitrogen and oxygen atoms in total. The van der Waals surface area contributed by atoms with Crippen LogP contribution in [0.25, 0.3) is 0 Å². The second-order valence-electron chi connectivity index (χ2n) is 11.7. The molecule has 0 bridgehead atoms. The molecule has 0 aliphatic rings. The third kappa shape index (κ3) is 30.8. The predicted molar refractivity (Wildman–Crippen MR) is 183 cm³/mol. The van der Waals surface area contributed by atoms with Crippen molar-refractivity contribution in [3.8, 4) is 0 Å². The summed E-state index contributed by atoms with van der Waals surface area (Å²) in [6, 6.07) is -1.87. The lowest BCUT2D eigenvalue weighted by Gasteiger charge is -2.17. The first kappa shape index (κ1) is 44.9. The predicted octanol–water partition coefficient (Wildman–Crippen LogP) is 5.60. The summed E-state index contributed by atoms with van der Waals surface area (Å²) in [5.74, 6) is -2.95. The molecule has 2 atom stereocenters. The third-order valence-corrected chi connectivity index (χ3v) is 7.61. The van der Waals surface area contributed by atoms with Gasteiger partial charge in [0.2, 0.25) is 11.8 Å². The summed E-state index contributed by atoms with van der Waals surface area (Å²) < 4.78 is 0. The fraction of sp³-hybridized carbons (Fsp3) is 0.824. The van der Waals surface area contributed by atoms with Gasteiger partial charge in [-0.05, 0) is 39.0 Å². The number of Topliss-reactive ketones (excluding diaryl/α,β-unsaturated/α-hetero) is 1. The molecule has 12 heteroatoms. The maximum atomic E-state index is 12.3. The smallest absolute Gasteiger partial charge is 0.326 e. The van der Waals surface area contributed by atoms with Gasteiger partial charge in [-0.15, -0.1) is 0 Å². The largest absolute Gasteiger partial charge is 0.481 e. The van der Waals surface area contributed by atoms with Crippen LogP contribution in [0.15, 0.2) is 4.99 Å². The molecule has 0 spiro atoms. The van der Waals surface area contributed by atoms with E-state index in [-0.39, 0.29) is 43.3 Å². The van der Waals surface area contributed by atoms with Crippen LogP contribution in [0.3, 0.4) is 0 Å². The van der Waals surface area contributed by atoms with Crippen molar-refractivity contribution in [1.29, 1.82) is 0 Å². The number of hydrogen-bond acceptors (Lipinski definition) is 6.